The molecule has 1 amide bonds. The van der Waals surface area contributed by atoms with E-state index in [1.165, 1.54) is 0 Å². The number of hydrogen-bond donors (Lipinski definition) is 3. The standard InChI is InChI=1S/C27H38BrN3O4/c1-18(30-9-13-34-23-7-6-21(28)17-24(23)35-27(2,3)4)14-19-15-20-8-11-31(10-5-12-32)25(20)22(16-19)26(29)33/h6-7,15-18,30,32H,5,8-14H2,1-4H3,(H2,29,33)/t18-/m1/s1. The van der Waals surface area contributed by atoms with Crippen molar-refractivity contribution in [3.63, 3.8) is 0 Å². The first-order valence-electron chi connectivity index (χ1n) is 12.2. The monoisotopic (exact) mass is 547 g/mol. The van der Waals surface area contributed by atoms with Gasteiger partial charge in [0.2, 0.25) is 0 Å². The zero-order chi connectivity index (χ0) is 25.6. The number of halogens is 1. The molecule has 0 spiro atoms. The van der Waals surface area contributed by atoms with Gasteiger partial charge in [0.25, 0.3) is 5.91 Å². The zero-order valence-corrected chi connectivity index (χ0v) is 22.8. The predicted octanol–water partition coefficient (Wildman–Crippen LogP) is 4.07. The van der Waals surface area contributed by atoms with Crippen LogP contribution in [0.1, 0.15) is 55.6 Å². The van der Waals surface area contributed by atoms with Crippen molar-refractivity contribution in [3.05, 3.63) is 51.5 Å². The SMILES string of the molecule is C[C@H](Cc1cc2c(c(C(N)=O)c1)N(CCCO)CC2)NCCOc1ccc(Br)cc1OC(C)(C)C. The number of benzene rings is 2. The Hall–Kier alpha value is -2.29. The zero-order valence-electron chi connectivity index (χ0n) is 21.2. The second kappa shape index (κ2) is 12.1. The maximum atomic E-state index is 12.2. The maximum absolute atomic E-state index is 12.2. The van der Waals surface area contributed by atoms with E-state index < -0.39 is 5.91 Å². The third kappa shape index (κ3) is 7.85. The van der Waals surface area contributed by atoms with Gasteiger partial charge in [0, 0.05) is 36.8 Å². The van der Waals surface area contributed by atoms with Gasteiger partial charge < -0.3 is 30.5 Å². The van der Waals surface area contributed by atoms with Crippen LogP contribution in [-0.2, 0) is 12.8 Å². The van der Waals surface area contributed by atoms with E-state index in [0.29, 0.717) is 36.6 Å². The van der Waals surface area contributed by atoms with Crippen molar-refractivity contribution < 1.29 is 19.4 Å². The van der Waals surface area contributed by atoms with Gasteiger partial charge in [-0.3, -0.25) is 4.79 Å². The number of aliphatic hydroxyl groups is 1. The molecule has 1 aliphatic heterocycles. The summed E-state index contributed by atoms with van der Waals surface area (Å²) in [6, 6.07) is 10.1. The van der Waals surface area contributed by atoms with Gasteiger partial charge in [0.1, 0.15) is 12.2 Å². The van der Waals surface area contributed by atoms with Crippen molar-refractivity contribution in [1.82, 2.24) is 5.32 Å². The smallest absolute Gasteiger partial charge is 0.250 e. The van der Waals surface area contributed by atoms with Crippen LogP contribution in [0.25, 0.3) is 0 Å². The van der Waals surface area contributed by atoms with Crippen LogP contribution in [0.3, 0.4) is 0 Å². The first-order chi connectivity index (χ1) is 16.6. The van der Waals surface area contributed by atoms with E-state index in [-0.39, 0.29) is 18.2 Å². The van der Waals surface area contributed by atoms with Crippen LogP contribution in [0.2, 0.25) is 0 Å². The number of carbonyl (C=O) groups is 1. The molecular weight excluding hydrogens is 510 g/mol. The molecule has 1 heterocycles. The Morgan fingerprint density at radius 3 is 2.71 bits per heavy atom. The van der Waals surface area contributed by atoms with Gasteiger partial charge in [-0.2, -0.15) is 0 Å². The third-order valence-electron chi connectivity index (χ3n) is 5.78. The molecule has 192 valence electrons. The van der Waals surface area contributed by atoms with E-state index in [0.717, 1.165) is 47.2 Å². The van der Waals surface area contributed by atoms with Crippen LogP contribution in [0.5, 0.6) is 11.5 Å². The van der Waals surface area contributed by atoms with Crippen molar-refractivity contribution in [2.24, 2.45) is 5.73 Å². The van der Waals surface area contributed by atoms with Crippen LogP contribution in [0.4, 0.5) is 5.69 Å². The molecule has 8 heteroatoms. The molecule has 0 saturated carbocycles. The number of nitrogens with one attached hydrogen (secondary N) is 1. The number of hydrogen-bond acceptors (Lipinski definition) is 6. The van der Waals surface area contributed by atoms with Crippen LogP contribution in [-0.4, -0.2) is 55.5 Å². The van der Waals surface area contributed by atoms with E-state index in [9.17, 15) is 9.90 Å². The minimum atomic E-state index is -0.407. The molecule has 3 rings (SSSR count). The molecule has 0 radical (unpaired) electrons. The molecule has 35 heavy (non-hydrogen) atoms. The minimum Gasteiger partial charge on any atom is -0.488 e. The Morgan fingerprint density at radius 1 is 1.26 bits per heavy atom. The van der Waals surface area contributed by atoms with Crippen molar-refractivity contribution in [2.45, 2.75) is 58.6 Å². The quantitative estimate of drug-likeness (QED) is 0.346. The lowest BCUT2D eigenvalue weighted by molar-refractivity contribution is 0.100. The highest BCUT2D eigenvalue weighted by molar-refractivity contribution is 9.10. The fourth-order valence-electron chi connectivity index (χ4n) is 4.39. The van der Waals surface area contributed by atoms with Gasteiger partial charge >= 0.3 is 0 Å². The molecule has 7 nitrogen and oxygen atoms in total. The number of anilines is 1. The molecule has 1 atom stereocenters. The number of aliphatic hydroxyl groups excluding tert-OH is 1. The summed E-state index contributed by atoms with van der Waals surface area (Å²) in [6.45, 7) is 11.0. The number of carbonyl (C=O) groups excluding carboxylic acids is 1. The highest BCUT2D eigenvalue weighted by atomic mass is 79.9. The number of nitrogens with zero attached hydrogens (tertiary/aromatic N) is 1. The Balaban J connectivity index is 1.57. The Labute approximate surface area is 217 Å². The minimum absolute atomic E-state index is 0.134. The lowest BCUT2D eigenvalue weighted by Gasteiger charge is -2.23. The van der Waals surface area contributed by atoms with E-state index >= 15 is 0 Å². The fourth-order valence-corrected chi connectivity index (χ4v) is 4.73. The second-order valence-electron chi connectivity index (χ2n) is 10.0. The first kappa shape index (κ1) is 27.3. The molecule has 0 aliphatic carbocycles. The lowest BCUT2D eigenvalue weighted by atomic mass is 9.98. The maximum Gasteiger partial charge on any atom is 0.250 e. The van der Waals surface area contributed by atoms with Crippen molar-refractivity contribution >= 4 is 27.5 Å². The van der Waals surface area contributed by atoms with E-state index in [1.807, 2.05) is 45.0 Å². The summed E-state index contributed by atoms with van der Waals surface area (Å²) in [5, 5.41) is 12.7. The first-order valence-corrected chi connectivity index (χ1v) is 13.0. The summed E-state index contributed by atoms with van der Waals surface area (Å²) < 4.78 is 13.0. The van der Waals surface area contributed by atoms with Gasteiger partial charge in [0.15, 0.2) is 11.5 Å². The molecule has 2 aromatic carbocycles. The van der Waals surface area contributed by atoms with Crippen LogP contribution in [0.15, 0.2) is 34.8 Å². The van der Waals surface area contributed by atoms with Gasteiger partial charge in [0.05, 0.1) is 11.3 Å². The van der Waals surface area contributed by atoms with Crippen LogP contribution in [0, 0.1) is 0 Å². The normalized spacial score (nSPS) is 14.1. The third-order valence-corrected chi connectivity index (χ3v) is 6.28. The molecule has 2 aromatic rings. The van der Waals surface area contributed by atoms with Gasteiger partial charge in [-0.05, 0) is 82.3 Å². The Kier molecular flexibility index (Phi) is 9.44. The second-order valence-corrected chi connectivity index (χ2v) is 11.0. The molecular formula is C27H38BrN3O4. The van der Waals surface area contributed by atoms with E-state index in [2.05, 4.69) is 39.1 Å². The average Bonchev–Trinajstić information content (AvgIpc) is 3.17. The van der Waals surface area contributed by atoms with Crippen LogP contribution >= 0.6 is 15.9 Å². The summed E-state index contributed by atoms with van der Waals surface area (Å²) in [5.74, 6) is 1.02. The Bertz CT molecular complexity index is 1020. The largest absolute Gasteiger partial charge is 0.488 e. The molecule has 0 saturated heterocycles. The number of nitrogens with two attached hydrogens (primary N) is 1. The predicted molar refractivity (Wildman–Crippen MR) is 144 cm³/mol. The summed E-state index contributed by atoms with van der Waals surface area (Å²) in [4.78, 5) is 14.4. The highest BCUT2D eigenvalue weighted by Gasteiger charge is 2.25. The lowest BCUT2D eigenvalue weighted by Crippen LogP contribution is -2.32. The molecule has 0 bridgehead atoms. The summed E-state index contributed by atoms with van der Waals surface area (Å²) in [7, 11) is 0. The molecule has 0 fully saturated rings. The average molecular weight is 549 g/mol. The number of primary amides is 1. The number of ether oxygens (including phenoxy) is 2. The van der Waals surface area contributed by atoms with Crippen molar-refractivity contribution in [1.29, 1.82) is 0 Å². The van der Waals surface area contributed by atoms with Crippen molar-refractivity contribution in [2.75, 3.05) is 37.7 Å². The van der Waals surface area contributed by atoms with Gasteiger partial charge in [-0.25, -0.2) is 0 Å². The molecule has 0 unspecified atom stereocenters. The van der Waals surface area contributed by atoms with Gasteiger partial charge in [-0.15, -0.1) is 0 Å². The molecule has 0 aromatic heterocycles. The highest BCUT2D eigenvalue weighted by Crippen LogP contribution is 2.34. The summed E-state index contributed by atoms with van der Waals surface area (Å²) in [6.07, 6.45) is 2.34. The van der Waals surface area contributed by atoms with Gasteiger partial charge in [-0.1, -0.05) is 22.0 Å². The summed E-state index contributed by atoms with van der Waals surface area (Å²) in [5.41, 5.74) is 9.18. The molecule has 1 aliphatic rings. The fraction of sp³-hybridized carbons (Fsp3) is 0.519. The topological polar surface area (TPSA) is 97.1 Å². The van der Waals surface area contributed by atoms with E-state index in [4.69, 9.17) is 15.2 Å². The number of amides is 1. The van der Waals surface area contributed by atoms with E-state index in [1.54, 1.807) is 0 Å². The Morgan fingerprint density at radius 2 is 2.03 bits per heavy atom. The number of rotatable bonds is 12. The molecule has 4 N–H and O–H groups in total. The number of fused-ring (bicyclic) bond motifs is 1. The summed E-state index contributed by atoms with van der Waals surface area (Å²) >= 11 is 3.49. The van der Waals surface area contributed by atoms with Crippen molar-refractivity contribution in [3.8, 4) is 11.5 Å². The van der Waals surface area contributed by atoms with Crippen LogP contribution < -0.4 is 25.4 Å².